The molecule has 1 aliphatic carbocycles. The lowest BCUT2D eigenvalue weighted by atomic mass is 9.93. The first-order chi connectivity index (χ1) is 10.4. The molecule has 1 saturated carbocycles. The van der Waals surface area contributed by atoms with E-state index in [1.807, 2.05) is 31.7 Å². The summed E-state index contributed by atoms with van der Waals surface area (Å²) in [5, 5.41) is 2.97. The first kappa shape index (κ1) is 15.8. The fourth-order valence-electron chi connectivity index (χ4n) is 2.66. The molecule has 22 heavy (non-hydrogen) atoms. The number of halogens is 1. The van der Waals surface area contributed by atoms with Crippen LogP contribution in [0.1, 0.15) is 32.3 Å². The zero-order valence-corrected chi connectivity index (χ0v) is 14.5. The summed E-state index contributed by atoms with van der Waals surface area (Å²) >= 11 is 7.95. The topological polar surface area (TPSA) is 61.0 Å². The fourth-order valence-corrected chi connectivity index (χ4v) is 3.63. The van der Waals surface area contributed by atoms with E-state index in [4.69, 9.17) is 22.1 Å². The van der Waals surface area contributed by atoms with Gasteiger partial charge in [-0.05, 0) is 50.0 Å². The summed E-state index contributed by atoms with van der Waals surface area (Å²) in [4.78, 5) is 8.66. The Morgan fingerprint density at radius 2 is 2.00 bits per heavy atom. The maximum Gasteiger partial charge on any atom is 0.223 e. The van der Waals surface area contributed by atoms with E-state index in [0.29, 0.717) is 16.3 Å². The number of fused-ring (bicyclic) bond motifs is 1. The van der Waals surface area contributed by atoms with Gasteiger partial charge in [0.05, 0.1) is 5.39 Å². The predicted octanol–water partition coefficient (Wildman–Crippen LogP) is 3.75. The van der Waals surface area contributed by atoms with E-state index in [9.17, 15) is 0 Å². The van der Waals surface area contributed by atoms with Crippen LogP contribution in [0.3, 0.4) is 0 Å². The molecule has 1 fully saturated rings. The van der Waals surface area contributed by atoms with Crippen LogP contribution in [0.15, 0.2) is 18.5 Å². The van der Waals surface area contributed by atoms with Crippen molar-refractivity contribution in [1.82, 2.24) is 9.97 Å². The van der Waals surface area contributed by atoms with Gasteiger partial charge in [0.2, 0.25) is 5.88 Å². The molecule has 3 rings (SSSR count). The molecule has 0 atom stereocenters. The van der Waals surface area contributed by atoms with Gasteiger partial charge in [0.15, 0.2) is 0 Å². The third kappa shape index (κ3) is 3.03. The highest BCUT2D eigenvalue weighted by atomic mass is 35.5. The Balaban J connectivity index is 1.99. The average Bonchev–Trinajstić information content (AvgIpc) is 2.40. The Kier molecular flexibility index (Phi) is 4.23. The molecule has 0 aromatic carbocycles. The summed E-state index contributed by atoms with van der Waals surface area (Å²) in [6.07, 6.45) is 8.02. The lowest BCUT2D eigenvalue weighted by Crippen LogP contribution is -2.36. The van der Waals surface area contributed by atoms with Gasteiger partial charge in [-0.3, -0.25) is 0 Å². The van der Waals surface area contributed by atoms with Crippen molar-refractivity contribution in [2.75, 3.05) is 6.26 Å². The second kappa shape index (κ2) is 5.87. The van der Waals surface area contributed by atoms with Crippen molar-refractivity contribution >= 4 is 34.1 Å². The number of rotatable bonds is 4. The molecule has 0 unspecified atom stereocenters. The van der Waals surface area contributed by atoms with Crippen molar-refractivity contribution in [2.45, 2.75) is 43.6 Å². The summed E-state index contributed by atoms with van der Waals surface area (Å²) in [5.41, 5.74) is 6.69. The summed E-state index contributed by atoms with van der Waals surface area (Å²) in [6.45, 7) is 3.90. The van der Waals surface area contributed by atoms with Crippen LogP contribution in [0, 0.1) is 0 Å². The molecule has 0 radical (unpaired) electrons. The van der Waals surface area contributed by atoms with Crippen molar-refractivity contribution in [3.63, 3.8) is 0 Å². The highest BCUT2D eigenvalue weighted by Gasteiger charge is 2.31. The number of hydrogen-bond acceptors (Lipinski definition) is 5. The zero-order chi connectivity index (χ0) is 15.9. The molecule has 6 heteroatoms. The number of nitrogens with zero attached hydrogens (tertiary/aromatic N) is 2. The van der Waals surface area contributed by atoms with Gasteiger partial charge in [-0.25, -0.2) is 9.97 Å². The molecule has 0 amide bonds. The Morgan fingerprint density at radius 3 is 2.64 bits per heavy atom. The van der Waals surface area contributed by atoms with Crippen molar-refractivity contribution in [3.8, 4) is 5.88 Å². The van der Waals surface area contributed by atoms with Crippen LogP contribution < -0.4 is 10.5 Å². The van der Waals surface area contributed by atoms with E-state index in [0.717, 1.165) is 29.2 Å². The van der Waals surface area contributed by atoms with Crippen molar-refractivity contribution in [3.05, 3.63) is 29.2 Å². The molecule has 0 aliphatic heterocycles. The number of nitrogens with two attached hydrogens (primary N) is 1. The van der Waals surface area contributed by atoms with Crippen LogP contribution in [0.4, 0.5) is 0 Å². The molecular weight excluding hydrogens is 318 g/mol. The normalized spacial score (nSPS) is 21.7. The quantitative estimate of drug-likeness (QED) is 0.861. The minimum Gasteiger partial charge on any atom is -0.474 e. The number of pyridine rings is 2. The molecule has 0 bridgehead atoms. The van der Waals surface area contributed by atoms with Crippen LogP contribution >= 0.6 is 23.4 Å². The average molecular weight is 338 g/mol. The molecule has 1 aliphatic rings. The molecule has 2 aromatic heterocycles. The van der Waals surface area contributed by atoms with Gasteiger partial charge < -0.3 is 10.5 Å². The Bertz CT molecular complexity index is 696. The fraction of sp³-hybridized carbons (Fsp3) is 0.500. The van der Waals surface area contributed by atoms with Gasteiger partial charge >= 0.3 is 0 Å². The molecule has 2 N–H and O–H groups in total. The third-order valence-corrected chi connectivity index (χ3v) is 5.32. The highest BCUT2D eigenvalue weighted by molar-refractivity contribution is 7.99. The van der Waals surface area contributed by atoms with Crippen LogP contribution in [0.2, 0.25) is 5.15 Å². The van der Waals surface area contributed by atoms with Gasteiger partial charge in [0.25, 0.3) is 0 Å². The SMILES string of the molecule is CSC1CC(Oc2ncc(C(C)(C)N)c3cc(Cl)ncc23)C1. The van der Waals surface area contributed by atoms with Crippen molar-refractivity contribution in [1.29, 1.82) is 0 Å². The van der Waals surface area contributed by atoms with Crippen LogP contribution in [0.25, 0.3) is 10.8 Å². The smallest absolute Gasteiger partial charge is 0.223 e. The minimum absolute atomic E-state index is 0.237. The van der Waals surface area contributed by atoms with Gasteiger partial charge in [0, 0.05) is 23.2 Å². The van der Waals surface area contributed by atoms with Crippen LogP contribution in [-0.4, -0.2) is 27.6 Å². The van der Waals surface area contributed by atoms with E-state index >= 15 is 0 Å². The molecule has 2 aromatic rings. The van der Waals surface area contributed by atoms with E-state index < -0.39 is 5.54 Å². The Labute approximate surface area is 139 Å². The van der Waals surface area contributed by atoms with Crippen molar-refractivity contribution in [2.24, 2.45) is 5.73 Å². The first-order valence-corrected chi connectivity index (χ1v) is 8.98. The van der Waals surface area contributed by atoms with Gasteiger partial charge in [-0.1, -0.05) is 11.6 Å². The van der Waals surface area contributed by atoms with Gasteiger partial charge in [-0.15, -0.1) is 0 Å². The molecular formula is C16H20ClN3OS. The number of hydrogen-bond donors (Lipinski definition) is 1. The summed E-state index contributed by atoms with van der Waals surface area (Å²) < 4.78 is 6.05. The van der Waals surface area contributed by atoms with E-state index in [-0.39, 0.29) is 6.10 Å². The van der Waals surface area contributed by atoms with Crippen molar-refractivity contribution < 1.29 is 4.74 Å². The van der Waals surface area contributed by atoms with E-state index in [1.54, 1.807) is 12.4 Å². The minimum atomic E-state index is -0.505. The van der Waals surface area contributed by atoms with E-state index in [2.05, 4.69) is 16.2 Å². The van der Waals surface area contributed by atoms with E-state index in [1.165, 1.54) is 0 Å². The molecule has 4 nitrogen and oxygen atoms in total. The third-order valence-electron chi connectivity index (χ3n) is 4.06. The molecule has 2 heterocycles. The lowest BCUT2D eigenvalue weighted by Gasteiger charge is -2.34. The summed E-state index contributed by atoms with van der Waals surface area (Å²) in [6, 6.07) is 1.83. The zero-order valence-electron chi connectivity index (χ0n) is 13.0. The first-order valence-electron chi connectivity index (χ1n) is 7.31. The summed E-state index contributed by atoms with van der Waals surface area (Å²) in [7, 11) is 0. The Hall–Kier alpha value is -1.04. The van der Waals surface area contributed by atoms with Gasteiger partial charge in [0.1, 0.15) is 11.3 Å². The van der Waals surface area contributed by atoms with Gasteiger partial charge in [-0.2, -0.15) is 11.8 Å². The lowest BCUT2D eigenvalue weighted by molar-refractivity contribution is 0.122. The number of thioether (sulfide) groups is 1. The number of aromatic nitrogens is 2. The Morgan fingerprint density at radius 1 is 1.27 bits per heavy atom. The predicted molar refractivity (Wildman–Crippen MR) is 92.7 cm³/mol. The molecule has 0 spiro atoms. The maximum atomic E-state index is 6.25. The maximum absolute atomic E-state index is 6.25. The largest absolute Gasteiger partial charge is 0.474 e. The second-order valence-electron chi connectivity index (χ2n) is 6.32. The second-order valence-corrected chi connectivity index (χ2v) is 7.85. The van der Waals surface area contributed by atoms with Crippen LogP contribution in [-0.2, 0) is 5.54 Å². The monoisotopic (exact) mass is 337 g/mol. The summed E-state index contributed by atoms with van der Waals surface area (Å²) in [5.74, 6) is 0.622. The number of ether oxygens (including phenoxy) is 1. The standard InChI is InChI=1S/C16H20ClN3OS/c1-16(2,18)13-8-20-15(21-9-4-10(5-9)22-3)12-7-19-14(17)6-11(12)13/h6-10H,4-5,18H2,1-3H3. The van der Waals surface area contributed by atoms with Crippen LogP contribution in [0.5, 0.6) is 5.88 Å². The highest BCUT2D eigenvalue weighted by Crippen LogP contribution is 2.36. The molecule has 118 valence electrons. The molecule has 0 saturated heterocycles.